The molecule has 2 N–H and O–H groups in total. The number of hydrogen-bond acceptors (Lipinski definition) is 1. The molecule has 0 radical (unpaired) electrons. The molecule has 1 aliphatic carbocycles. The molecule has 14 heavy (non-hydrogen) atoms. The largest absolute Gasteiger partial charge is 0.325 e. The summed E-state index contributed by atoms with van der Waals surface area (Å²) in [6.45, 7) is 11.7. The summed E-state index contributed by atoms with van der Waals surface area (Å²) < 4.78 is 0. The lowest BCUT2D eigenvalue weighted by Gasteiger charge is -2.55. The maximum Gasteiger partial charge on any atom is 0.0131 e. The van der Waals surface area contributed by atoms with Gasteiger partial charge in [0.2, 0.25) is 0 Å². The Labute approximate surface area is 89.5 Å². The van der Waals surface area contributed by atoms with Crippen LogP contribution in [0.4, 0.5) is 0 Å². The summed E-state index contributed by atoms with van der Waals surface area (Å²) >= 11 is 0. The highest BCUT2D eigenvalue weighted by molar-refractivity contribution is 5.02. The first kappa shape index (κ1) is 12.0. The first-order valence-corrected chi connectivity index (χ1v) is 6.07. The van der Waals surface area contributed by atoms with Gasteiger partial charge in [-0.3, -0.25) is 0 Å². The molecule has 1 nitrogen and oxygen atoms in total. The van der Waals surface area contributed by atoms with Crippen LogP contribution in [0.5, 0.6) is 0 Å². The van der Waals surface area contributed by atoms with Crippen molar-refractivity contribution in [2.45, 2.75) is 72.3 Å². The van der Waals surface area contributed by atoms with Crippen molar-refractivity contribution in [1.29, 1.82) is 0 Å². The van der Waals surface area contributed by atoms with Crippen LogP contribution in [0.15, 0.2) is 0 Å². The third-order valence-electron chi connectivity index (χ3n) is 4.81. The second-order valence-electron chi connectivity index (χ2n) is 6.20. The molecule has 1 rings (SSSR count). The van der Waals surface area contributed by atoms with Gasteiger partial charge >= 0.3 is 0 Å². The molecule has 84 valence electrons. The van der Waals surface area contributed by atoms with E-state index in [1.54, 1.807) is 0 Å². The van der Waals surface area contributed by atoms with Crippen molar-refractivity contribution in [2.24, 2.45) is 16.6 Å². The molecular formula is C13H27N. The Morgan fingerprint density at radius 1 is 1.00 bits per heavy atom. The molecule has 1 unspecified atom stereocenters. The molecule has 1 fully saturated rings. The molecule has 0 heterocycles. The van der Waals surface area contributed by atoms with E-state index in [2.05, 4.69) is 34.6 Å². The van der Waals surface area contributed by atoms with Crippen molar-refractivity contribution in [3.63, 3.8) is 0 Å². The Hall–Kier alpha value is -0.0400. The second-order valence-corrected chi connectivity index (χ2v) is 6.20. The van der Waals surface area contributed by atoms with Crippen LogP contribution < -0.4 is 5.73 Å². The van der Waals surface area contributed by atoms with Gasteiger partial charge in [0.15, 0.2) is 0 Å². The standard InChI is InChI=1S/C13H27N/c1-6-13(7-2)9-8-12(5,14)10-11(13,3)4/h6-10,14H2,1-5H3. The first-order chi connectivity index (χ1) is 6.29. The molecule has 0 aromatic rings. The summed E-state index contributed by atoms with van der Waals surface area (Å²) in [5.74, 6) is 0. The van der Waals surface area contributed by atoms with E-state index in [1.165, 1.54) is 32.1 Å². The first-order valence-electron chi connectivity index (χ1n) is 6.07. The lowest BCUT2D eigenvalue weighted by Crippen LogP contribution is -2.52. The smallest absolute Gasteiger partial charge is 0.0131 e. The van der Waals surface area contributed by atoms with Crippen molar-refractivity contribution in [3.8, 4) is 0 Å². The molecular weight excluding hydrogens is 170 g/mol. The fraction of sp³-hybridized carbons (Fsp3) is 1.00. The zero-order valence-corrected chi connectivity index (χ0v) is 10.6. The van der Waals surface area contributed by atoms with Crippen LogP contribution in [0.2, 0.25) is 0 Å². The van der Waals surface area contributed by atoms with Gasteiger partial charge in [0.05, 0.1) is 0 Å². The average Bonchev–Trinajstić information content (AvgIpc) is 2.03. The predicted molar refractivity (Wildman–Crippen MR) is 63.2 cm³/mol. The minimum absolute atomic E-state index is 0.0668. The molecule has 0 spiro atoms. The molecule has 0 bridgehead atoms. The Bertz CT molecular complexity index is 199. The quantitative estimate of drug-likeness (QED) is 0.717. The van der Waals surface area contributed by atoms with Crippen LogP contribution in [-0.4, -0.2) is 5.54 Å². The van der Waals surface area contributed by atoms with Gasteiger partial charge in [-0.1, -0.05) is 27.7 Å². The van der Waals surface area contributed by atoms with Gasteiger partial charge in [0, 0.05) is 5.54 Å². The van der Waals surface area contributed by atoms with E-state index in [1.807, 2.05) is 0 Å². The number of rotatable bonds is 2. The van der Waals surface area contributed by atoms with Gasteiger partial charge in [-0.15, -0.1) is 0 Å². The molecule has 1 aliphatic rings. The highest BCUT2D eigenvalue weighted by atomic mass is 14.8. The van der Waals surface area contributed by atoms with E-state index in [0.29, 0.717) is 10.8 Å². The van der Waals surface area contributed by atoms with Gasteiger partial charge in [0.1, 0.15) is 0 Å². The molecule has 0 amide bonds. The third-order valence-corrected chi connectivity index (χ3v) is 4.81. The van der Waals surface area contributed by atoms with Crippen LogP contribution in [0.1, 0.15) is 66.7 Å². The van der Waals surface area contributed by atoms with E-state index < -0.39 is 0 Å². The normalized spacial score (nSPS) is 35.6. The minimum Gasteiger partial charge on any atom is -0.325 e. The summed E-state index contributed by atoms with van der Waals surface area (Å²) in [6, 6.07) is 0. The summed E-state index contributed by atoms with van der Waals surface area (Å²) in [5, 5.41) is 0. The Kier molecular flexibility index (Phi) is 3.02. The van der Waals surface area contributed by atoms with Crippen molar-refractivity contribution in [3.05, 3.63) is 0 Å². The molecule has 0 saturated heterocycles. The number of hydrogen-bond donors (Lipinski definition) is 1. The van der Waals surface area contributed by atoms with Gasteiger partial charge in [-0.2, -0.15) is 0 Å². The van der Waals surface area contributed by atoms with E-state index >= 15 is 0 Å². The summed E-state index contributed by atoms with van der Waals surface area (Å²) in [4.78, 5) is 0. The lowest BCUT2D eigenvalue weighted by molar-refractivity contribution is -0.0232. The maximum atomic E-state index is 6.28. The topological polar surface area (TPSA) is 26.0 Å². The molecule has 1 atom stereocenters. The Morgan fingerprint density at radius 2 is 1.50 bits per heavy atom. The van der Waals surface area contributed by atoms with Gasteiger partial charge in [-0.05, 0) is 49.9 Å². The zero-order chi connectivity index (χ0) is 11.0. The lowest BCUT2D eigenvalue weighted by atomic mass is 9.52. The van der Waals surface area contributed by atoms with E-state index in [9.17, 15) is 0 Å². The highest BCUT2D eigenvalue weighted by Gasteiger charge is 2.48. The number of nitrogens with two attached hydrogens (primary N) is 1. The predicted octanol–water partition coefficient (Wildman–Crippen LogP) is 3.72. The fourth-order valence-corrected chi connectivity index (χ4v) is 3.71. The third kappa shape index (κ3) is 1.84. The summed E-state index contributed by atoms with van der Waals surface area (Å²) in [7, 11) is 0. The van der Waals surface area contributed by atoms with Crippen molar-refractivity contribution in [1.82, 2.24) is 0 Å². The van der Waals surface area contributed by atoms with Crippen LogP contribution in [-0.2, 0) is 0 Å². The second kappa shape index (κ2) is 3.52. The van der Waals surface area contributed by atoms with E-state index in [-0.39, 0.29) is 5.54 Å². The minimum atomic E-state index is 0.0668. The van der Waals surface area contributed by atoms with Crippen LogP contribution in [0.25, 0.3) is 0 Å². The van der Waals surface area contributed by atoms with Crippen molar-refractivity contribution >= 4 is 0 Å². The average molecular weight is 197 g/mol. The molecule has 0 aromatic heterocycles. The Balaban J connectivity index is 2.92. The summed E-state index contributed by atoms with van der Waals surface area (Å²) in [6.07, 6.45) is 6.26. The van der Waals surface area contributed by atoms with Crippen molar-refractivity contribution < 1.29 is 0 Å². The molecule has 0 aliphatic heterocycles. The zero-order valence-electron chi connectivity index (χ0n) is 10.6. The van der Waals surface area contributed by atoms with E-state index in [0.717, 1.165) is 0 Å². The van der Waals surface area contributed by atoms with Crippen LogP contribution in [0, 0.1) is 10.8 Å². The highest BCUT2D eigenvalue weighted by Crippen LogP contribution is 2.56. The van der Waals surface area contributed by atoms with Crippen molar-refractivity contribution in [2.75, 3.05) is 0 Å². The SMILES string of the molecule is CCC1(CC)CCC(C)(N)CC1(C)C. The van der Waals surface area contributed by atoms with Gasteiger partial charge in [0.25, 0.3) is 0 Å². The van der Waals surface area contributed by atoms with E-state index in [4.69, 9.17) is 5.73 Å². The van der Waals surface area contributed by atoms with Crippen LogP contribution >= 0.6 is 0 Å². The molecule has 1 heteroatoms. The fourth-order valence-electron chi connectivity index (χ4n) is 3.71. The van der Waals surface area contributed by atoms with Crippen LogP contribution in [0.3, 0.4) is 0 Å². The van der Waals surface area contributed by atoms with Gasteiger partial charge < -0.3 is 5.73 Å². The summed E-state index contributed by atoms with van der Waals surface area (Å²) in [5.41, 5.74) is 7.29. The molecule has 0 aromatic carbocycles. The molecule has 1 saturated carbocycles. The Morgan fingerprint density at radius 3 is 1.86 bits per heavy atom. The maximum absolute atomic E-state index is 6.28. The monoisotopic (exact) mass is 197 g/mol. The van der Waals surface area contributed by atoms with Gasteiger partial charge in [-0.25, -0.2) is 0 Å².